The van der Waals surface area contributed by atoms with Crippen molar-refractivity contribution in [2.24, 2.45) is 10.9 Å². The number of hydrogen-bond donors (Lipinski definition) is 1. The summed E-state index contributed by atoms with van der Waals surface area (Å²) in [5.74, 6) is 0.0786. The summed E-state index contributed by atoms with van der Waals surface area (Å²) in [6, 6.07) is 10.9. The molecule has 0 fully saturated rings. The number of nitrogens with one attached hydrogen (secondary N) is 1. The number of benzene rings is 1. The van der Waals surface area contributed by atoms with Gasteiger partial charge in [-0.25, -0.2) is 4.99 Å². The van der Waals surface area contributed by atoms with E-state index in [4.69, 9.17) is 9.73 Å². The van der Waals surface area contributed by atoms with Crippen LogP contribution in [0.1, 0.15) is 31.1 Å². The van der Waals surface area contributed by atoms with Gasteiger partial charge >= 0.3 is 0 Å². The lowest BCUT2D eigenvalue weighted by Gasteiger charge is -2.45. The molecule has 0 unspecified atom stereocenters. The maximum atomic E-state index is 13.2. The molecule has 2 bridgehead atoms. The Kier molecular flexibility index (Phi) is 3.33. The molecule has 0 amide bonds. The number of ketones is 1. The van der Waals surface area contributed by atoms with E-state index in [0.717, 1.165) is 11.3 Å². The van der Waals surface area contributed by atoms with Gasteiger partial charge in [0.05, 0.1) is 10.6 Å². The summed E-state index contributed by atoms with van der Waals surface area (Å²) < 4.78 is 8.40. The van der Waals surface area contributed by atoms with Gasteiger partial charge in [-0.1, -0.05) is 29.5 Å². The predicted octanol–water partition coefficient (Wildman–Crippen LogP) is 1.60. The summed E-state index contributed by atoms with van der Waals surface area (Å²) in [7, 11) is 0. The Bertz CT molecular complexity index is 1240. The van der Waals surface area contributed by atoms with Crippen molar-refractivity contribution in [2.75, 3.05) is 0 Å². The lowest BCUT2D eigenvalue weighted by Crippen LogP contribution is -2.58. The third-order valence-corrected chi connectivity index (χ3v) is 6.21. The first kappa shape index (κ1) is 16.3. The van der Waals surface area contributed by atoms with Gasteiger partial charge in [-0.15, -0.1) is 0 Å². The quantitative estimate of drug-likeness (QED) is 0.735. The van der Waals surface area contributed by atoms with E-state index in [1.165, 1.54) is 18.3 Å². The number of rotatable bonds is 2. The van der Waals surface area contributed by atoms with Crippen molar-refractivity contribution < 1.29 is 9.53 Å². The summed E-state index contributed by atoms with van der Waals surface area (Å²) in [6.45, 7) is 3.36. The van der Waals surface area contributed by atoms with E-state index in [-0.39, 0.29) is 11.3 Å². The molecule has 136 valence electrons. The number of H-pyrrole nitrogens is 1. The van der Waals surface area contributed by atoms with Crippen molar-refractivity contribution >= 4 is 23.2 Å². The Morgan fingerprint density at radius 1 is 1.33 bits per heavy atom. The minimum Gasteiger partial charge on any atom is -0.465 e. The van der Waals surface area contributed by atoms with Crippen molar-refractivity contribution in [3.8, 4) is 5.75 Å². The summed E-state index contributed by atoms with van der Waals surface area (Å²) in [4.78, 5) is 34.2. The van der Waals surface area contributed by atoms with E-state index in [2.05, 4.69) is 4.98 Å². The molecule has 1 aromatic carbocycles. The van der Waals surface area contributed by atoms with Crippen LogP contribution in [0.4, 0.5) is 0 Å². The Labute approximate surface area is 158 Å². The van der Waals surface area contributed by atoms with E-state index < -0.39 is 17.7 Å². The van der Waals surface area contributed by atoms with Gasteiger partial charge in [0.25, 0.3) is 5.56 Å². The van der Waals surface area contributed by atoms with Gasteiger partial charge in [0, 0.05) is 17.5 Å². The molecule has 0 spiro atoms. The molecule has 0 saturated carbocycles. The van der Waals surface area contributed by atoms with Crippen LogP contribution in [0.3, 0.4) is 0 Å². The average Bonchev–Trinajstić information content (AvgIpc) is 3.22. The van der Waals surface area contributed by atoms with Crippen molar-refractivity contribution in [1.82, 2.24) is 9.55 Å². The Balaban J connectivity index is 1.85. The summed E-state index contributed by atoms with van der Waals surface area (Å²) >= 11 is 1.32. The van der Waals surface area contributed by atoms with Crippen molar-refractivity contribution in [3.63, 3.8) is 0 Å². The molecule has 27 heavy (non-hydrogen) atoms. The van der Waals surface area contributed by atoms with E-state index in [1.54, 1.807) is 4.57 Å². The summed E-state index contributed by atoms with van der Waals surface area (Å²) in [5.41, 5.74) is 0.535. The van der Waals surface area contributed by atoms with E-state index in [0.29, 0.717) is 15.1 Å². The number of Topliss-reactive ketones (excluding diaryl/α,β-unsaturated/α-hetero) is 1. The molecule has 2 aromatic heterocycles. The minimum atomic E-state index is -1.02. The van der Waals surface area contributed by atoms with Crippen LogP contribution < -0.4 is 19.6 Å². The molecule has 0 radical (unpaired) electrons. The van der Waals surface area contributed by atoms with Crippen molar-refractivity contribution in [3.05, 3.63) is 73.5 Å². The molecule has 0 aliphatic carbocycles. The third-order valence-electron chi connectivity index (χ3n) is 5.23. The van der Waals surface area contributed by atoms with Gasteiger partial charge in [-0.2, -0.15) is 0 Å². The van der Waals surface area contributed by atoms with Gasteiger partial charge in [0.2, 0.25) is 5.72 Å². The molecular formula is C20H17N3O3S. The maximum absolute atomic E-state index is 13.2. The van der Waals surface area contributed by atoms with Gasteiger partial charge in [-0.05, 0) is 38.1 Å². The molecule has 1 N–H and O–H groups in total. The van der Waals surface area contributed by atoms with E-state index in [1.807, 2.05) is 55.6 Å². The zero-order chi connectivity index (χ0) is 18.8. The number of para-hydroxylation sites is 1. The summed E-state index contributed by atoms with van der Waals surface area (Å²) in [6.07, 6.45) is 3.63. The van der Waals surface area contributed by atoms with Crippen LogP contribution in [-0.4, -0.2) is 21.1 Å². The molecule has 3 atom stereocenters. The molecule has 7 heteroatoms. The fraction of sp³-hybridized carbons (Fsp3) is 0.250. The predicted molar refractivity (Wildman–Crippen MR) is 102 cm³/mol. The number of fused-ring (bicyclic) bond motifs is 6. The number of aromatic nitrogens is 2. The van der Waals surface area contributed by atoms with Crippen molar-refractivity contribution in [1.29, 1.82) is 0 Å². The molecule has 0 saturated heterocycles. The second kappa shape index (κ2) is 5.53. The lowest BCUT2D eigenvalue weighted by atomic mass is 9.79. The first-order valence-corrected chi connectivity index (χ1v) is 9.54. The van der Waals surface area contributed by atoms with Gasteiger partial charge in [-0.3, -0.25) is 14.2 Å². The zero-order valence-electron chi connectivity index (χ0n) is 14.8. The Hall–Kier alpha value is -2.93. The number of nitrogens with zero attached hydrogens (tertiary/aromatic N) is 2. The SMILES string of the molecule is CC(=O)[C@@H]1[C@H]2c3ccccc3O[C@]1(C)N=c1s/c(=C\c3ccc[nH]3)c(=O)n12. The first-order valence-electron chi connectivity index (χ1n) is 8.73. The largest absolute Gasteiger partial charge is 0.465 e. The normalized spacial score (nSPS) is 25.9. The molecule has 4 heterocycles. The number of ether oxygens (including phenoxy) is 1. The smallest absolute Gasteiger partial charge is 0.270 e. The highest BCUT2D eigenvalue weighted by atomic mass is 32.1. The molecule has 5 rings (SSSR count). The van der Waals surface area contributed by atoms with E-state index >= 15 is 0 Å². The van der Waals surface area contributed by atoms with Crippen LogP contribution in [0.25, 0.3) is 6.08 Å². The Morgan fingerprint density at radius 3 is 2.89 bits per heavy atom. The molecule has 6 nitrogen and oxygen atoms in total. The molecule has 3 aromatic rings. The third kappa shape index (κ3) is 2.28. The molecule has 2 aliphatic rings. The number of aromatic amines is 1. The highest BCUT2D eigenvalue weighted by Gasteiger charge is 2.53. The minimum absolute atomic E-state index is 0.0422. The fourth-order valence-corrected chi connectivity index (χ4v) is 5.22. The number of hydrogen-bond acceptors (Lipinski definition) is 5. The first-order chi connectivity index (χ1) is 13.0. The Morgan fingerprint density at radius 2 is 2.15 bits per heavy atom. The standard InChI is InChI=1S/C20H17N3O3S/c1-11(24)16-17-13-7-3-4-8-14(13)26-20(16,2)22-19-23(17)18(25)15(27-19)10-12-6-5-9-21-12/h3-10,16-17,21H,1-2H3/b15-10-/t16-,17-,20+/m1/s1. The fourth-order valence-electron chi connectivity index (χ4n) is 4.13. The van der Waals surface area contributed by atoms with Gasteiger partial charge in [0.15, 0.2) is 4.80 Å². The zero-order valence-corrected chi connectivity index (χ0v) is 15.6. The van der Waals surface area contributed by atoms with Crippen molar-refractivity contribution in [2.45, 2.75) is 25.6 Å². The second-order valence-electron chi connectivity index (χ2n) is 7.03. The van der Waals surface area contributed by atoms with Crippen LogP contribution in [-0.2, 0) is 4.79 Å². The molecule has 2 aliphatic heterocycles. The van der Waals surface area contributed by atoms with Crippen LogP contribution >= 0.6 is 11.3 Å². The highest BCUT2D eigenvalue weighted by Crippen LogP contribution is 2.47. The average molecular weight is 379 g/mol. The summed E-state index contributed by atoms with van der Waals surface area (Å²) in [5, 5.41) is 0. The number of carbonyl (C=O) groups excluding carboxylic acids is 1. The lowest BCUT2D eigenvalue weighted by molar-refractivity contribution is -0.132. The van der Waals surface area contributed by atoms with E-state index in [9.17, 15) is 9.59 Å². The van der Waals surface area contributed by atoms with Crippen LogP contribution in [0.15, 0.2) is 52.4 Å². The topological polar surface area (TPSA) is 76.4 Å². The van der Waals surface area contributed by atoms with Crippen LogP contribution in [0.5, 0.6) is 5.75 Å². The number of carbonyl (C=O) groups is 1. The maximum Gasteiger partial charge on any atom is 0.270 e. The van der Waals surface area contributed by atoms with Crippen LogP contribution in [0.2, 0.25) is 0 Å². The number of thiazole rings is 1. The molecular weight excluding hydrogens is 362 g/mol. The monoisotopic (exact) mass is 379 g/mol. The van der Waals surface area contributed by atoms with Crippen LogP contribution in [0, 0.1) is 5.92 Å². The highest BCUT2D eigenvalue weighted by molar-refractivity contribution is 7.07. The van der Waals surface area contributed by atoms with Gasteiger partial charge in [0.1, 0.15) is 17.5 Å². The van der Waals surface area contributed by atoms with Gasteiger partial charge < -0.3 is 9.72 Å². The second-order valence-corrected chi connectivity index (χ2v) is 8.04.